The number of methoxy groups -OCH3 is 1. The topological polar surface area (TPSA) is 9.23 Å². The van der Waals surface area contributed by atoms with Crippen LogP contribution in [-0.2, 0) is 4.74 Å². The largest absolute Gasteiger partial charge is 0.504 e. The molecule has 0 amide bonds. The molecule has 0 atom stereocenters. The molecular formula is C9H8F2O. The molecule has 3 heteroatoms. The van der Waals surface area contributed by atoms with Gasteiger partial charge in [0.25, 0.3) is 0 Å². The fraction of sp³-hybridized carbons (Fsp3) is 0.111. The van der Waals surface area contributed by atoms with Gasteiger partial charge in [-0.25, -0.2) is 8.78 Å². The van der Waals surface area contributed by atoms with E-state index in [1.807, 2.05) is 0 Å². The van der Waals surface area contributed by atoms with Crippen LogP contribution in [-0.4, -0.2) is 7.11 Å². The highest BCUT2D eigenvalue weighted by Gasteiger charge is 1.99. The Morgan fingerprint density at radius 2 is 2.08 bits per heavy atom. The van der Waals surface area contributed by atoms with Gasteiger partial charge in [0.2, 0.25) is 0 Å². The Bertz CT molecular complexity index is 295. The van der Waals surface area contributed by atoms with Crippen LogP contribution in [0.1, 0.15) is 5.56 Å². The highest BCUT2D eigenvalue weighted by Crippen LogP contribution is 2.10. The third-order valence-electron chi connectivity index (χ3n) is 1.35. The Morgan fingerprint density at radius 3 is 2.67 bits per heavy atom. The number of hydrogen-bond donors (Lipinski definition) is 0. The summed E-state index contributed by atoms with van der Waals surface area (Å²) in [7, 11) is 1.46. The Kier molecular flexibility index (Phi) is 2.80. The molecule has 0 N–H and O–H groups in total. The van der Waals surface area contributed by atoms with E-state index >= 15 is 0 Å². The van der Waals surface area contributed by atoms with E-state index in [2.05, 4.69) is 4.74 Å². The van der Waals surface area contributed by atoms with Crippen molar-refractivity contribution in [1.29, 1.82) is 0 Å². The van der Waals surface area contributed by atoms with Crippen molar-refractivity contribution in [3.63, 3.8) is 0 Å². The predicted octanol–water partition coefficient (Wildman–Crippen LogP) is 2.58. The molecule has 0 radical (unpaired) electrons. The maximum absolute atomic E-state index is 12.8. The molecule has 0 heterocycles. The van der Waals surface area contributed by atoms with Crippen molar-refractivity contribution < 1.29 is 13.5 Å². The van der Waals surface area contributed by atoms with E-state index in [9.17, 15) is 8.78 Å². The van der Waals surface area contributed by atoms with Gasteiger partial charge in [-0.05, 0) is 18.2 Å². The minimum atomic E-state index is -0.594. The molecule has 0 spiro atoms. The van der Waals surface area contributed by atoms with Crippen molar-refractivity contribution >= 4 is 6.08 Å². The lowest BCUT2D eigenvalue weighted by Gasteiger charge is -1.95. The zero-order valence-electron chi connectivity index (χ0n) is 6.55. The normalized spacial score (nSPS) is 10.6. The van der Waals surface area contributed by atoms with Crippen molar-refractivity contribution in [2.45, 2.75) is 0 Å². The van der Waals surface area contributed by atoms with Gasteiger partial charge in [-0.15, -0.1) is 0 Å². The molecule has 0 saturated heterocycles. The lowest BCUT2D eigenvalue weighted by Crippen LogP contribution is -1.83. The number of rotatable bonds is 2. The number of ether oxygens (including phenoxy) is 1. The maximum Gasteiger partial charge on any atom is 0.133 e. The summed E-state index contributed by atoms with van der Waals surface area (Å²) < 4.78 is 29.8. The highest BCUT2D eigenvalue weighted by atomic mass is 19.1. The van der Waals surface area contributed by atoms with Gasteiger partial charge in [0.05, 0.1) is 13.4 Å². The van der Waals surface area contributed by atoms with Crippen LogP contribution in [0.3, 0.4) is 0 Å². The molecule has 0 fully saturated rings. The summed E-state index contributed by atoms with van der Waals surface area (Å²) in [5, 5.41) is 0. The van der Waals surface area contributed by atoms with Crippen LogP contribution in [0.5, 0.6) is 0 Å². The molecule has 0 unspecified atom stereocenters. The molecule has 64 valence electrons. The second-order valence-corrected chi connectivity index (χ2v) is 2.20. The predicted molar refractivity (Wildman–Crippen MR) is 42.4 cm³/mol. The Morgan fingerprint density at radius 1 is 1.33 bits per heavy atom. The standard InChI is InChI=1S/C9H8F2O/c1-12-5-4-7-2-3-8(10)6-9(7)11/h2-6H,1H3/b5-4+. The molecule has 0 saturated carbocycles. The third kappa shape index (κ3) is 2.05. The molecule has 1 rings (SSSR count). The smallest absolute Gasteiger partial charge is 0.133 e. The maximum atomic E-state index is 12.8. The average Bonchev–Trinajstić information content (AvgIpc) is 2.03. The zero-order chi connectivity index (χ0) is 8.97. The fourth-order valence-electron chi connectivity index (χ4n) is 0.778. The Balaban J connectivity index is 2.94. The molecule has 12 heavy (non-hydrogen) atoms. The third-order valence-corrected chi connectivity index (χ3v) is 1.35. The van der Waals surface area contributed by atoms with Gasteiger partial charge in [0.15, 0.2) is 0 Å². The Labute approximate surface area is 69.3 Å². The molecule has 0 aliphatic rings. The first kappa shape index (κ1) is 8.71. The second-order valence-electron chi connectivity index (χ2n) is 2.20. The number of hydrogen-bond acceptors (Lipinski definition) is 1. The summed E-state index contributed by atoms with van der Waals surface area (Å²) in [6.07, 6.45) is 2.76. The van der Waals surface area contributed by atoms with Crippen molar-refractivity contribution in [3.8, 4) is 0 Å². The van der Waals surface area contributed by atoms with E-state index in [0.29, 0.717) is 5.56 Å². The van der Waals surface area contributed by atoms with Crippen LogP contribution < -0.4 is 0 Å². The number of benzene rings is 1. The van der Waals surface area contributed by atoms with Crippen LogP contribution in [0.4, 0.5) is 8.78 Å². The van der Waals surface area contributed by atoms with E-state index in [1.165, 1.54) is 31.6 Å². The molecule has 1 aromatic carbocycles. The average molecular weight is 170 g/mol. The summed E-state index contributed by atoms with van der Waals surface area (Å²) in [6.45, 7) is 0. The summed E-state index contributed by atoms with van der Waals surface area (Å²) >= 11 is 0. The van der Waals surface area contributed by atoms with Crippen LogP contribution in [0, 0.1) is 11.6 Å². The second kappa shape index (κ2) is 3.85. The minimum absolute atomic E-state index is 0.304. The summed E-state index contributed by atoms with van der Waals surface area (Å²) in [5.74, 6) is -1.18. The minimum Gasteiger partial charge on any atom is -0.504 e. The van der Waals surface area contributed by atoms with Gasteiger partial charge in [-0.1, -0.05) is 0 Å². The quantitative estimate of drug-likeness (QED) is 0.620. The van der Waals surface area contributed by atoms with E-state index in [0.717, 1.165) is 6.07 Å². The summed E-state index contributed by atoms with van der Waals surface area (Å²) in [5.41, 5.74) is 0.304. The monoisotopic (exact) mass is 170 g/mol. The first-order valence-corrected chi connectivity index (χ1v) is 3.38. The van der Waals surface area contributed by atoms with Gasteiger partial charge >= 0.3 is 0 Å². The molecule has 0 bridgehead atoms. The van der Waals surface area contributed by atoms with Gasteiger partial charge in [-0.2, -0.15) is 0 Å². The molecular weight excluding hydrogens is 162 g/mol. The first-order valence-electron chi connectivity index (χ1n) is 3.38. The SMILES string of the molecule is CO/C=C/c1ccc(F)cc1F. The van der Waals surface area contributed by atoms with E-state index in [-0.39, 0.29) is 0 Å². The molecule has 0 aromatic heterocycles. The van der Waals surface area contributed by atoms with E-state index in [1.54, 1.807) is 0 Å². The van der Waals surface area contributed by atoms with E-state index < -0.39 is 11.6 Å². The van der Waals surface area contributed by atoms with Crippen molar-refractivity contribution in [3.05, 3.63) is 41.7 Å². The Hall–Kier alpha value is -1.38. The zero-order valence-corrected chi connectivity index (χ0v) is 6.55. The van der Waals surface area contributed by atoms with Crippen LogP contribution >= 0.6 is 0 Å². The van der Waals surface area contributed by atoms with Crippen LogP contribution in [0.15, 0.2) is 24.5 Å². The lowest BCUT2D eigenvalue weighted by molar-refractivity contribution is 0.341. The molecule has 0 aliphatic heterocycles. The fourth-order valence-corrected chi connectivity index (χ4v) is 0.778. The summed E-state index contributed by atoms with van der Waals surface area (Å²) in [6, 6.07) is 3.37. The molecule has 1 nitrogen and oxygen atoms in total. The first-order chi connectivity index (χ1) is 5.74. The van der Waals surface area contributed by atoms with Crippen LogP contribution in [0.2, 0.25) is 0 Å². The van der Waals surface area contributed by atoms with Gasteiger partial charge in [0.1, 0.15) is 11.6 Å². The van der Waals surface area contributed by atoms with Crippen LogP contribution in [0.25, 0.3) is 6.08 Å². The molecule has 0 aliphatic carbocycles. The highest BCUT2D eigenvalue weighted by molar-refractivity contribution is 5.48. The summed E-state index contributed by atoms with van der Waals surface area (Å²) in [4.78, 5) is 0. The van der Waals surface area contributed by atoms with Crippen molar-refractivity contribution in [2.24, 2.45) is 0 Å². The van der Waals surface area contributed by atoms with Gasteiger partial charge in [-0.3, -0.25) is 0 Å². The van der Waals surface area contributed by atoms with Gasteiger partial charge < -0.3 is 4.74 Å². The van der Waals surface area contributed by atoms with Crippen molar-refractivity contribution in [1.82, 2.24) is 0 Å². The number of halogens is 2. The lowest BCUT2D eigenvalue weighted by atomic mass is 10.2. The van der Waals surface area contributed by atoms with Crippen molar-refractivity contribution in [2.75, 3.05) is 7.11 Å². The van der Waals surface area contributed by atoms with E-state index in [4.69, 9.17) is 0 Å². The molecule has 1 aromatic rings. The van der Waals surface area contributed by atoms with Gasteiger partial charge in [0, 0.05) is 11.6 Å².